The lowest BCUT2D eigenvalue weighted by molar-refractivity contribution is 0.416. The van der Waals surface area contributed by atoms with E-state index in [-0.39, 0.29) is 17.9 Å². The molecule has 0 amide bonds. The molecule has 0 saturated heterocycles. The van der Waals surface area contributed by atoms with Gasteiger partial charge in [-0.25, -0.2) is 9.07 Å². The molecule has 4 aromatic rings. The van der Waals surface area contributed by atoms with Crippen molar-refractivity contribution in [1.29, 1.82) is 0 Å². The first kappa shape index (κ1) is 22.5. The topological polar surface area (TPSA) is 44.1 Å². The number of nitrogens with zero attached hydrogens (tertiary/aromatic N) is 2. The average Bonchev–Trinajstić information content (AvgIpc) is 2.81. The van der Waals surface area contributed by atoms with Crippen LogP contribution in [0.4, 0.5) is 4.39 Å². The first-order valence-corrected chi connectivity index (χ1v) is 10.8. The van der Waals surface area contributed by atoms with Crippen LogP contribution >= 0.6 is 11.6 Å². The lowest BCUT2D eigenvalue weighted by atomic mass is 9.97. The summed E-state index contributed by atoms with van der Waals surface area (Å²) in [4.78, 5) is 13.6. The number of para-hydroxylation sites is 1. The van der Waals surface area contributed by atoms with Crippen LogP contribution in [0.25, 0.3) is 23.3 Å². The number of ether oxygens (including phenoxy) is 1. The SMILES string of the molecule is COc1ccccc1-c1c(C)nn(Cc2ccccc2Cl)c(=O)c1/C=C/c1cccc(F)c1. The highest BCUT2D eigenvalue weighted by molar-refractivity contribution is 6.31. The number of aryl methyl sites for hydroxylation is 1. The molecule has 4 rings (SSSR count). The van der Waals surface area contributed by atoms with Gasteiger partial charge in [0.25, 0.3) is 5.56 Å². The molecule has 1 heterocycles. The summed E-state index contributed by atoms with van der Waals surface area (Å²) in [6, 6.07) is 21.0. The predicted octanol–water partition coefficient (Wildman–Crippen LogP) is 6.24. The van der Waals surface area contributed by atoms with Crippen molar-refractivity contribution in [1.82, 2.24) is 9.78 Å². The van der Waals surface area contributed by atoms with Crippen LogP contribution in [0.2, 0.25) is 5.02 Å². The van der Waals surface area contributed by atoms with E-state index in [0.717, 1.165) is 11.1 Å². The smallest absolute Gasteiger partial charge is 0.274 e. The molecule has 0 radical (unpaired) electrons. The van der Waals surface area contributed by atoms with Gasteiger partial charge in [0.15, 0.2) is 0 Å². The van der Waals surface area contributed by atoms with Gasteiger partial charge in [-0.1, -0.05) is 66.2 Å². The van der Waals surface area contributed by atoms with Gasteiger partial charge in [0, 0.05) is 16.1 Å². The zero-order valence-corrected chi connectivity index (χ0v) is 19.0. The predicted molar refractivity (Wildman–Crippen MR) is 131 cm³/mol. The zero-order valence-electron chi connectivity index (χ0n) is 18.3. The van der Waals surface area contributed by atoms with Gasteiger partial charge in [-0.15, -0.1) is 0 Å². The van der Waals surface area contributed by atoms with E-state index in [0.29, 0.717) is 33.2 Å². The Kier molecular flexibility index (Phi) is 6.71. The van der Waals surface area contributed by atoms with Gasteiger partial charge in [0.1, 0.15) is 11.6 Å². The standard InChI is InChI=1S/C27H22ClFN2O2/c1-18-26(22-11-4-6-13-25(22)33-2)23(15-14-19-8-7-10-21(29)16-19)27(32)31(30-18)17-20-9-3-5-12-24(20)28/h3-16H,17H2,1-2H3/b15-14+. The number of benzene rings is 3. The van der Waals surface area contributed by atoms with Crippen LogP contribution in [-0.4, -0.2) is 16.9 Å². The second kappa shape index (κ2) is 9.84. The van der Waals surface area contributed by atoms with Crippen LogP contribution in [0, 0.1) is 12.7 Å². The largest absolute Gasteiger partial charge is 0.496 e. The minimum Gasteiger partial charge on any atom is -0.496 e. The summed E-state index contributed by atoms with van der Waals surface area (Å²) in [5.41, 5.74) is 3.67. The van der Waals surface area contributed by atoms with Crippen molar-refractivity contribution in [2.24, 2.45) is 0 Å². The monoisotopic (exact) mass is 460 g/mol. The van der Waals surface area contributed by atoms with Crippen LogP contribution < -0.4 is 10.3 Å². The molecule has 166 valence electrons. The summed E-state index contributed by atoms with van der Waals surface area (Å²) in [7, 11) is 1.59. The summed E-state index contributed by atoms with van der Waals surface area (Å²) in [5.74, 6) is 0.287. The fourth-order valence-electron chi connectivity index (χ4n) is 3.75. The van der Waals surface area contributed by atoms with E-state index < -0.39 is 0 Å². The van der Waals surface area contributed by atoms with Crippen LogP contribution in [-0.2, 0) is 6.54 Å². The van der Waals surface area contributed by atoms with Crippen molar-refractivity contribution >= 4 is 23.8 Å². The van der Waals surface area contributed by atoms with E-state index in [9.17, 15) is 9.18 Å². The second-order valence-corrected chi connectivity index (χ2v) is 7.92. The Balaban J connectivity index is 1.92. The first-order chi connectivity index (χ1) is 16.0. The fraction of sp³-hybridized carbons (Fsp3) is 0.111. The Morgan fingerprint density at radius 2 is 1.79 bits per heavy atom. The Bertz CT molecular complexity index is 1400. The van der Waals surface area contributed by atoms with Gasteiger partial charge >= 0.3 is 0 Å². The Hall–Kier alpha value is -3.70. The second-order valence-electron chi connectivity index (χ2n) is 7.52. The van der Waals surface area contributed by atoms with E-state index in [2.05, 4.69) is 5.10 Å². The molecule has 6 heteroatoms. The van der Waals surface area contributed by atoms with Crippen molar-refractivity contribution in [3.63, 3.8) is 0 Å². The maximum absolute atomic E-state index is 13.7. The third-order valence-corrected chi connectivity index (χ3v) is 5.68. The highest BCUT2D eigenvalue weighted by atomic mass is 35.5. The molecule has 3 aromatic carbocycles. The summed E-state index contributed by atoms with van der Waals surface area (Å²) >= 11 is 6.32. The normalized spacial score (nSPS) is 11.2. The van der Waals surface area contributed by atoms with E-state index in [1.807, 2.05) is 49.4 Å². The summed E-state index contributed by atoms with van der Waals surface area (Å²) < 4.78 is 20.6. The third-order valence-electron chi connectivity index (χ3n) is 5.31. The van der Waals surface area contributed by atoms with Gasteiger partial charge in [-0.05, 0) is 48.4 Å². The first-order valence-electron chi connectivity index (χ1n) is 10.4. The molecule has 0 aliphatic rings. The van der Waals surface area contributed by atoms with Crippen LogP contribution in [0.15, 0.2) is 77.6 Å². The molecule has 33 heavy (non-hydrogen) atoms. The number of hydrogen-bond donors (Lipinski definition) is 0. The molecule has 0 unspecified atom stereocenters. The molecule has 0 spiro atoms. The van der Waals surface area contributed by atoms with E-state index in [1.165, 1.54) is 16.8 Å². The van der Waals surface area contributed by atoms with Gasteiger partial charge in [0.05, 0.1) is 24.9 Å². The number of methoxy groups -OCH3 is 1. The maximum Gasteiger partial charge on any atom is 0.274 e. The highest BCUT2D eigenvalue weighted by Gasteiger charge is 2.18. The van der Waals surface area contributed by atoms with Crippen LogP contribution in [0.5, 0.6) is 5.75 Å². The summed E-state index contributed by atoms with van der Waals surface area (Å²) in [6.45, 7) is 2.08. The number of halogens is 2. The van der Waals surface area contributed by atoms with Crippen molar-refractivity contribution in [3.8, 4) is 16.9 Å². The van der Waals surface area contributed by atoms with Gasteiger partial charge in [-0.2, -0.15) is 5.10 Å². The number of aromatic nitrogens is 2. The van der Waals surface area contributed by atoms with Crippen molar-refractivity contribution in [2.45, 2.75) is 13.5 Å². The maximum atomic E-state index is 13.7. The van der Waals surface area contributed by atoms with Crippen LogP contribution in [0.3, 0.4) is 0 Å². The molecule has 0 saturated carbocycles. The van der Waals surface area contributed by atoms with E-state index in [4.69, 9.17) is 16.3 Å². The molecule has 4 nitrogen and oxygen atoms in total. The molecular weight excluding hydrogens is 439 g/mol. The number of hydrogen-bond acceptors (Lipinski definition) is 3. The lowest BCUT2D eigenvalue weighted by Gasteiger charge is -2.16. The minimum atomic E-state index is -0.343. The van der Waals surface area contributed by atoms with Crippen molar-refractivity contribution < 1.29 is 9.13 Å². The zero-order chi connectivity index (χ0) is 23.4. The van der Waals surface area contributed by atoms with Crippen molar-refractivity contribution in [3.05, 3.63) is 116 Å². The Labute approximate surface area is 196 Å². The molecule has 0 aliphatic carbocycles. The van der Waals surface area contributed by atoms with Gasteiger partial charge in [0.2, 0.25) is 0 Å². The molecule has 0 N–H and O–H groups in total. The Morgan fingerprint density at radius 3 is 2.55 bits per heavy atom. The number of rotatable bonds is 6. The van der Waals surface area contributed by atoms with Gasteiger partial charge < -0.3 is 4.74 Å². The third kappa shape index (κ3) is 4.89. The molecule has 1 aromatic heterocycles. The minimum absolute atomic E-state index is 0.229. The lowest BCUT2D eigenvalue weighted by Crippen LogP contribution is -2.27. The summed E-state index contributed by atoms with van der Waals surface area (Å²) in [6.07, 6.45) is 3.43. The van der Waals surface area contributed by atoms with E-state index >= 15 is 0 Å². The van der Waals surface area contributed by atoms with Gasteiger partial charge in [-0.3, -0.25) is 4.79 Å². The Morgan fingerprint density at radius 1 is 1.03 bits per heavy atom. The molecule has 0 bridgehead atoms. The van der Waals surface area contributed by atoms with E-state index in [1.54, 1.807) is 37.5 Å². The van der Waals surface area contributed by atoms with Crippen LogP contribution in [0.1, 0.15) is 22.4 Å². The average molecular weight is 461 g/mol. The fourth-order valence-corrected chi connectivity index (χ4v) is 3.94. The molecule has 0 aliphatic heterocycles. The molecule has 0 fully saturated rings. The van der Waals surface area contributed by atoms with Crippen molar-refractivity contribution in [2.75, 3.05) is 7.11 Å². The summed E-state index contributed by atoms with van der Waals surface area (Å²) in [5, 5.41) is 5.15. The quantitative estimate of drug-likeness (QED) is 0.342. The highest BCUT2D eigenvalue weighted by Crippen LogP contribution is 2.33. The molecular formula is C27H22ClFN2O2. The molecule has 0 atom stereocenters.